The zero-order valence-electron chi connectivity index (χ0n) is 13.4. The number of hydrogen-bond acceptors (Lipinski definition) is 3. The van der Waals surface area contributed by atoms with Gasteiger partial charge in [-0.25, -0.2) is 0 Å². The summed E-state index contributed by atoms with van der Waals surface area (Å²) in [7, 11) is 1.90. The highest BCUT2D eigenvalue weighted by Gasteiger charge is 2.20. The highest BCUT2D eigenvalue weighted by molar-refractivity contribution is 5.75. The van der Waals surface area contributed by atoms with E-state index >= 15 is 0 Å². The van der Waals surface area contributed by atoms with Gasteiger partial charge in [0, 0.05) is 26.6 Å². The van der Waals surface area contributed by atoms with E-state index in [2.05, 4.69) is 13.8 Å². The minimum atomic E-state index is 0.238. The number of carbonyl (C=O) groups is 1. The molecule has 1 amide bonds. The zero-order valence-corrected chi connectivity index (χ0v) is 13.4. The van der Waals surface area contributed by atoms with Crippen LogP contribution in [0.4, 0.5) is 0 Å². The number of nitrogens with zero attached hydrogens (tertiary/aromatic N) is 1. The monoisotopic (exact) mass is 284 g/mol. The summed E-state index contributed by atoms with van der Waals surface area (Å²) in [6, 6.07) is 0. The normalized spacial score (nSPS) is 20.9. The molecule has 0 saturated carbocycles. The molecule has 4 nitrogen and oxygen atoms in total. The van der Waals surface area contributed by atoms with Crippen molar-refractivity contribution in [1.29, 1.82) is 0 Å². The summed E-state index contributed by atoms with van der Waals surface area (Å²) in [6.07, 6.45) is 6.29. The molecule has 1 heterocycles. The lowest BCUT2D eigenvalue weighted by Gasteiger charge is -2.28. The van der Waals surface area contributed by atoms with Crippen molar-refractivity contribution >= 4 is 5.91 Å². The molecule has 0 radical (unpaired) electrons. The van der Waals surface area contributed by atoms with E-state index in [1.165, 1.54) is 6.42 Å². The molecule has 0 aromatic carbocycles. The van der Waals surface area contributed by atoms with Crippen LogP contribution in [0.5, 0.6) is 0 Å². The lowest BCUT2D eigenvalue weighted by atomic mass is 9.88. The molecule has 0 aliphatic carbocycles. The summed E-state index contributed by atoms with van der Waals surface area (Å²) in [5.74, 6) is 1.39. The van der Waals surface area contributed by atoms with E-state index in [1.54, 1.807) is 0 Å². The van der Waals surface area contributed by atoms with E-state index in [-0.39, 0.29) is 12.0 Å². The molecule has 118 valence electrons. The molecule has 4 heteroatoms. The van der Waals surface area contributed by atoms with Gasteiger partial charge in [-0.05, 0) is 50.5 Å². The van der Waals surface area contributed by atoms with Crippen LogP contribution in [-0.2, 0) is 9.53 Å². The van der Waals surface area contributed by atoms with Gasteiger partial charge in [0.1, 0.15) is 0 Å². The molecule has 0 aromatic heterocycles. The van der Waals surface area contributed by atoms with Crippen molar-refractivity contribution in [3.05, 3.63) is 0 Å². The quantitative estimate of drug-likeness (QED) is 0.744. The number of hydrogen-bond donors (Lipinski definition) is 1. The summed E-state index contributed by atoms with van der Waals surface area (Å²) in [5, 5.41) is 0. The van der Waals surface area contributed by atoms with E-state index in [0.717, 1.165) is 38.8 Å². The number of nitrogens with two attached hydrogens (primary N) is 1. The van der Waals surface area contributed by atoms with Gasteiger partial charge < -0.3 is 15.4 Å². The smallest absolute Gasteiger partial charge is 0.222 e. The van der Waals surface area contributed by atoms with Crippen molar-refractivity contribution < 1.29 is 9.53 Å². The van der Waals surface area contributed by atoms with Gasteiger partial charge in [0.05, 0.1) is 6.10 Å². The molecule has 1 aliphatic rings. The third-order valence-corrected chi connectivity index (χ3v) is 4.39. The predicted molar refractivity (Wildman–Crippen MR) is 82.5 cm³/mol. The lowest BCUT2D eigenvalue weighted by molar-refractivity contribution is -0.132. The SMILES string of the molecule is CC(C)C(CCN)CCC(=O)N(C)CC1CCCCO1. The van der Waals surface area contributed by atoms with Gasteiger partial charge in [0.2, 0.25) is 5.91 Å². The molecular weight excluding hydrogens is 252 g/mol. The van der Waals surface area contributed by atoms with Crippen molar-refractivity contribution in [2.75, 3.05) is 26.7 Å². The van der Waals surface area contributed by atoms with Crippen LogP contribution in [0.2, 0.25) is 0 Å². The Hall–Kier alpha value is -0.610. The van der Waals surface area contributed by atoms with Crippen molar-refractivity contribution in [3.8, 4) is 0 Å². The van der Waals surface area contributed by atoms with Gasteiger partial charge in [0.25, 0.3) is 0 Å². The maximum atomic E-state index is 12.2. The van der Waals surface area contributed by atoms with Crippen molar-refractivity contribution in [2.45, 2.75) is 58.5 Å². The molecule has 0 spiro atoms. The second kappa shape index (κ2) is 9.35. The fourth-order valence-corrected chi connectivity index (χ4v) is 2.88. The fraction of sp³-hybridized carbons (Fsp3) is 0.938. The third-order valence-electron chi connectivity index (χ3n) is 4.39. The standard InChI is InChI=1S/C16H32N2O2/c1-13(2)14(9-10-17)7-8-16(19)18(3)12-15-6-4-5-11-20-15/h13-15H,4-12,17H2,1-3H3. The first-order chi connectivity index (χ1) is 9.54. The first-order valence-electron chi connectivity index (χ1n) is 8.10. The van der Waals surface area contributed by atoms with Gasteiger partial charge in [-0.15, -0.1) is 0 Å². The largest absolute Gasteiger partial charge is 0.376 e. The minimum absolute atomic E-state index is 0.238. The van der Waals surface area contributed by atoms with E-state index < -0.39 is 0 Å². The second-order valence-corrected chi connectivity index (χ2v) is 6.38. The van der Waals surface area contributed by atoms with E-state index in [1.807, 2.05) is 11.9 Å². The molecule has 0 aromatic rings. The number of rotatable bonds is 8. The third kappa shape index (κ3) is 6.23. The van der Waals surface area contributed by atoms with Crippen LogP contribution < -0.4 is 5.73 Å². The van der Waals surface area contributed by atoms with Gasteiger partial charge in [0.15, 0.2) is 0 Å². The molecule has 2 unspecified atom stereocenters. The number of amides is 1. The van der Waals surface area contributed by atoms with Crippen LogP contribution in [0.3, 0.4) is 0 Å². The average Bonchev–Trinajstić information content (AvgIpc) is 2.43. The molecule has 1 fully saturated rings. The molecule has 0 bridgehead atoms. The maximum absolute atomic E-state index is 12.2. The Bertz CT molecular complexity index is 276. The van der Waals surface area contributed by atoms with Crippen LogP contribution in [0, 0.1) is 11.8 Å². The fourth-order valence-electron chi connectivity index (χ4n) is 2.88. The summed E-state index contributed by atoms with van der Waals surface area (Å²) < 4.78 is 5.69. The highest BCUT2D eigenvalue weighted by Crippen LogP contribution is 2.21. The lowest BCUT2D eigenvalue weighted by Crippen LogP contribution is -2.37. The Balaban J connectivity index is 2.29. The van der Waals surface area contributed by atoms with Crippen molar-refractivity contribution in [1.82, 2.24) is 4.90 Å². The van der Waals surface area contributed by atoms with Crippen LogP contribution in [-0.4, -0.2) is 43.7 Å². The Kier molecular flexibility index (Phi) is 8.15. The molecule has 1 saturated heterocycles. The Morgan fingerprint density at radius 2 is 2.10 bits per heavy atom. The van der Waals surface area contributed by atoms with Crippen LogP contribution in [0.25, 0.3) is 0 Å². The molecular formula is C16H32N2O2. The maximum Gasteiger partial charge on any atom is 0.222 e. The Labute approximate surface area is 124 Å². The van der Waals surface area contributed by atoms with E-state index in [0.29, 0.717) is 24.8 Å². The molecule has 1 rings (SSSR count). The van der Waals surface area contributed by atoms with Gasteiger partial charge in [-0.1, -0.05) is 13.8 Å². The predicted octanol–water partition coefficient (Wildman–Crippen LogP) is 2.42. The van der Waals surface area contributed by atoms with E-state index in [4.69, 9.17) is 10.5 Å². The van der Waals surface area contributed by atoms with Gasteiger partial charge in [-0.3, -0.25) is 4.79 Å². The van der Waals surface area contributed by atoms with Gasteiger partial charge >= 0.3 is 0 Å². The molecule has 2 N–H and O–H groups in total. The van der Waals surface area contributed by atoms with Crippen LogP contribution in [0.15, 0.2) is 0 Å². The summed E-state index contributed by atoms with van der Waals surface area (Å²) in [4.78, 5) is 14.0. The molecule has 1 aliphatic heterocycles. The summed E-state index contributed by atoms with van der Waals surface area (Å²) in [5.41, 5.74) is 5.65. The van der Waals surface area contributed by atoms with Crippen LogP contribution >= 0.6 is 0 Å². The highest BCUT2D eigenvalue weighted by atomic mass is 16.5. The Morgan fingerprint density at radius 1 is 1.35 bits per heavy atom. The van der Waals surface area contributed by atoms with E-state index in [9.17, 15) is 4.79 Å². The number of carbonyl (C=O) groups excluding carboxylic acids is 1. The topological polar surface area (TPSA) is 55.6 Å². The Morgan fingerprint density at radius 3 is 2.65 bits per heavy atom. The molecule has 20 heavy (non-hydrogen) atoms. The summed E-state index contributed by atoms with van der Waals surface area (Å²) >= 11 is 0. The van der Waals surface area contributed by atoms with Crippen molar-refractivity contribution in [3.63, 3.8) is 0 Å². The first kappa shape index (κ1) is 17.4. The van der Waals surface area contributed by atoms with Crippen molar-refractivity contribution in [2.24, 2.45) is 17.6 Å². The zero-order chi connectivity index (χ0) is 15.0. The number of ether oxygens (including phenoxy) is 1. The minimum Gasteiger partial charge on any atom is -0.376 e. The first-order valence-corrected chi connectivity index (χ1v) is 8.10. The second-order valence-electron chi connectivity index (χ2n) is 6.38. The average molecular weight is 284 g/mol. The van der Waals surface area contributed by atoms with Crippen LogP contribution in [0.1, 0.15) is 52.4 Å². The summed E-state index contributed by atoms with van der Waals surface area (Å²) in [6.45, 7) is 6.72. The number of likely N-dealkylation sites (N-methyl/N-ethyl adjacent to an activating group) is 1. The molecule has 2 atom stereocenters. The van der Waals surface area contributed by atoms with Gasteiger partial charge in [-0.2, -0.15) is 0 Å².